The molecule has 4 heterocycles. The predicted molar refractivity (Wildman–Crippen MR) is 134 cm³/mol. The van der Waals surface area contributed by atoms with Crippen LogP contribution in [0.3, 0.4) is 0 Å². The van der Waals surface area contributed by atoms with E-state index in [9.17, 15) is 0 Å². The number of halogens is 2. The lowest BCUT2D eigenvalue weighted by Gasteiger charge is -2.14. The Kier molecular flexibility index (Phi) is 7.43. The van der Waals surface area contributed by atoms with Gasteiger partial charge in [-0.25, -0.2) is 0 Å². The summed E-state index contributed by atoms with van der Waals surface area (Å²) in [4.78, 5) is 2.25. The Labute approximate surface area is 213 Å². The maximum absolute atomic E-state index is 5.95. The molecule has 182 valence electrons. The molecule has 2 aromatic heterocycles. The average molecular weight is 513 g/mol. The molecule has 0 radical (unpaired) electrons. The molecule has 2 aromatic carbocycles. The highest BCUT2D eigenvalue weighted by Crippen LogP contribution is 2.31. The van der Waals surface area contributed by atoms with E-state index in [0.717, 1.165) is 43.5 Å². The van der Waals surface area contributed by atoms with Crippen LogP contribution < -0.4 is 5.32 Å². The Balaban J connectivity index is 0.000000145. The summed E-state index contributed by atoms with van der Waals surface area (Å²) >= 11 is 11.9. The first-order chi connectivity index (χ1) is 17.1. The van der Waals surface area contributed by atoms with Crippen LogP contribution in [0.25, 0.3) is 22.9 Å². The molecule has 2 saturated heterocycles. The number of benzene rings is 2. The summed E-state index contributed by atoms with van der Waals surface area (Å²) < 4.78 is 11.4. The van der Waals surface area contributed by atoms with Gasteiger partial charge in [0.05, 0.1) is 12.1 Å². The van der Waals surface area contributed by atoms with Gasteiger partial charge in [0.1, 0.15) is 0 Å². The molecule has 0 amide bonds. The molecule has 8 nitrogen and oxygen atoms in total. The molecule has 0 bridgehead atoms. The van der Waals surface area contributed by atoms with Gasteiger partial charge in [-0.05, 0) is 82.2 Å². The maximum atomic E-state index is 5.95. The van der Waals surface area contributed by atoms with E-state index in [1.807, 2.05) is 48.5 Å². The van der Waals surface area contributed by atoms with Crippen molar-refractivity contribution in [2.75, 3.05) is 20.1 Å². The molecule has 2 aliphatic heterocycles. The van der Waals surface area contributed by atoms with E-state index in [-0.39, 0.29) is 12.1 Å². The van der Waals surface area contributed by atoms with Crippen molar-refractivity contribution >= 4 is 23.2 Å². The van der Waals surface area contributed by atoms with Crippen LogP contribution >= 0.6 is 23.2 Å². The molecule has 0 aliphatic carbocycles. The second-order valence-corrected chi connectivity index (χ2v) is 9.57. The summed E-state index contributed by atoms with van der Waals surface area (Å²) in [6, 6.07) is 15.3. The number of nitrogens with one attached hydrogen (secondary N) is 1. The molecule has 6 rings (SSSR count). The van der Waals surface area contributed by atoms with Crippen molar-refractivity contribution in [2.45, 2.75) is 37.8 Å². The normalized spacial score (nSPS) is 20.1. The van der Waals surface area contributed by atoms with Crippen molar-refractivity contribution in [3.8, 4) is 22.9 Å². The van der Waals surface area contributed by atoms with Gasteiger partial charge in [-0.15, -0.1) is 20.4 Å². The number of likely N-dealkylation sites (tertiary alicyclic amines) is 1. The van der Waals surface area contributed by atoms with Crippen molar-refractivity contribution in [3.05, 3.63) is 70.4 Å². The van der Waals surface area contributed by atoms with Gasteiger partial charge in [-0.3, -0.25) is 4.90 Å². The lowest BCUT2D eigenvalue weighted by molar-refractivity contribution is 0.269. The predicted octanol–water partition coefficient (Wildman–Crippen LogP) is 5.97. The number of rotatable bonds is 4. The number of aromatic nitrogens is 4. The molecule has 2 fully saturated rings. The zero-order valence-corrected chi connectivity index (χ0v) is 20.8. The maximum Gasteiger partial charge on any atom is 0.247 e. The third-order valence-electron chi connectivity index (χ3n) is 6.19. The quantitative estimate of drug-likeness (QED) is 0.357. The fraction of sp³-hybridized carbons (Fsp3) is 0.360. The van der Waals surface area contributed by atoms with Crippen molar-refractivity contribution < 1.29 is 8.83 Å². The minimum atomic E-state index is 0.204. The number of hydrogen-bond donors (Lipinski definition) is 1. The van der Waals surface area contributed by atoms with Gasteiger partial charge < -0.3 is 14.2 Å². The standard InChI is InChI=1S/C13H14ClN3O.C12H12ClN3O/c1-17-7-3-6-11(17)13-16-15-12(18-13)9-4-2-5-10(14)8-9;13-9-4-1-3-8(7-9)11-15-16-12(17-11)10-5-2-6-14-10/h2,4-5,8,11H,3,6-7H2,1H3;1,3-4,7,10,14H,2,5-6H2. The average Bonchev–Trinajstić information content (AvgIpc) is 3.66. The van der Waals surface area contributed by atoms with Crippen LogP contribution in [-0.4, -0.2) is 45.4 Å². The van der Waals surface area contributed by atoms with Crippen molar-refractivity contribution in [1.29, 1.82) is 0 Å². The largest absolute Gasteiger partial charge is 0.419 e. The lowest BCUT2D eigenvalue weighted by atomic mass is 10.2. The van der Waals surface area contributed by atoms with E-state index in [2.05, 4.69) is 37.7 Å². The monoisotopic (exact) mass is 512 g/mol. The van der Waals surface area contributed by atoms with Gasteiger partial charge >= 0.3 is 0 Å². The van der Waals surface area contributed by atoms with E-state index >= 15 is 0 Å². The van der Waals surface area contributed by atoms with Crippen LogP contribution in [0.2, 0.25) is 10.0 Å². The molecule has 10 heteroatoms. The first-order valence-corrected chi connectivity index (χ1v) is 12.4. The molecular weight excluding hydrogens is 487 g/mol. The SMILES string of the molecule is CN1CCCC1c1nnc(-c2cccc(Cl)c2)o1.Clc1cccc(-c2nnc(C3CCCN3)o2)c1. The first kappa shape index (κ1) is 23.9. The molecule has 0 spiro atoms. The third-order valence-corrected chi connectivity index (χ3v) is 6.66. The summed E-state index contributed by atoms with van der Waals surface area (Å²) in [5.74, 6) is 2.42. The smallest absolute Gasteiger partial charge is 0.247 e. The highest BCUT2D eigenvalue weighted by atomic mass is 35.5. The molecule has 2 atom stereocenters. The number of hydrogen-bond acceptors (Lipinski definition) is 8. The van der Waals surface area contributed by atoms with Crippen molar-refractivity contribution in [2.24, 2.45) is 0 Å². The van der Waals surface area contributed by atoms with Crippen LogP contribution in [0.1, 0.15) is 49.5 Å². The summed E-state index contributed by atoms with van der Waals surface area (Å²) in [6.45, 7) is 2.10. The van der Waals surface area contributed by atoms with Crippen molar-refractivity contribution in [3.63, 3.8) is 0 Å². The molecule has 1 N–H and O–H groups in total. The Bertz CT molecular complexity index is 1270. The van der Waals surface area contributed by atoms with Gasteiger partial charge in [0.15, 0.2) is 0 Å². The summed E-state index contributed by atoms with van der Waals surface area (Å²) in [6.07, 6.45) is 4.46. The molecule has 0 saturated carbocycles. The van der Waals surface area contributed by atoms with Crippen LogP contribution in [0, 0.1) is 0 Å². The molecule has 2 aliphatic rings. The number of nitrogens with zero attached hydrogens (tertiary/aromatic N) is 5. The van der Waals surface area contributed by atoms with Gasteiger partial charge in [0.2, 0.25) is 23.6 Å². The Morgan fingerprint density at radius 1 is 0.829 bits per heavy atom. The van der Waals surface area contributed by atoms with E-state index in [0.29, 0.717) is 33.6 Å². The van der Waals surface area contributed by atoms with E-state index in [1.165, 1.54) is 6.42 Å². The summed E-state index contributed by atoms with van der Waals surface area (Å²) in [5, 5.41) is 21.1. The van der Waals surface area contributed by atoms with E-state index in [4.69, 9.17) is 32.0 Å². The Hall–Kier alpha value is -2.78. The third kappa shape index (κ3) is 5.73. The molecule has 35 heavy (non-hydrogen) atoms. The Morgan fingerprint density at radius 3 is 2.00 bits per heavy atom. The lowest BCUT2D eigenvalue weighted by Crippen LogP contribution is -2.17. The zero-order valence-electron chi connectivity index (χ0n) is 19.3. The van der Waals surface area contributed by atoms with Crippen molar-refractivity contribution in [1.82, 2.24) is 30.6 Å². The van der Waals surface area contributed by atoms with E-state index in [1.54, 1.807) is 0 Å². The highest BCUT2D eigenvalue weighted by Gasteiger charge is 2.27. The fourth-order valence-electron chi connectivity index (χ4n) is 4.34. The van der Waals surface area contributed by atoms with Gasteiger partial charge in [0, 0.05) is 21.2 Å². The topological polar surface area (TPSA) is 93.1 Å². The minimum Gasteiger partial charge on any atom is -0.419 e. The zero-order chi connectivity index (χ0) is 24.2. The van der Waals surface area contributed by atoms with Crippen LogP contribution in [0.15, 0.2) is 57.4 Å². The van der Waals surface area contributed by atoms with Gasteiger partial charge in [-0.1, -0.05) is 35.3 Å². The summed E-state index contributed by atoms with van der Waals surface area (Å²) in [5.41, 5.74) is 1.72. The summed E-state index contributed by atoms with van der Waals surface area (Å²) in [7, 11) is 2.08. The molecular formula is C25H26Cl2N6O2. The second kappa shape index (κ2) is 10.9. The van der Waals surface area contributed by atoms with Crippen LogP contribution in [0.4, 0.5) is 0 Å². The second-order valence-electron chi connectivity index (χ2n) is 8.70. The first-order valence-electron chi connectivity index (χ1n) is 11.7. The highest BCUT2D eigenvalue weighted by molar-refractivity contribution is 6.31. The Morgan fingerprint density at radius 2 is 1.46 bits per heavy atom. The molecule has 2 unspecified atom stereocenters. The minimum absolute atomic E-state index is 0.204. The van der Waals surface area contributed by atoms with Gasteiger partial charge in [0.25, 0.3) is 0 Å². The fourth-order valence-corrected chi connectivity index (χ4v) is 4.72. The van der Waals surface area contributed by atoms with E-state index < -0.39 is 0 Å². The van der Waals surface area contributed by atoms with Crippen LogP contribution in [0.5, 0.6) is 0 Å². The molecule has 4 aromatic rings. The van der Waals surface area contributed by atoms with Crippen LogP contribution in [-0.2, 0) is 0 Å². The van der Waals surface area contributed by atoms with Gasteiger partial charge in [-0.2, -0.15) is 0 Å².